The van der Waals surface area contributed by atoms with Gasteiger partial charge in [-0.2, -0.15) is 15.0 Å². The largest absolute Gasteiger partial charge is 0.479 e. The van der Waals surface area contributed by atoms with Crippen LogP contribution in [0.1, 0.15) is 18.4 Å². The Labute approximate surface area is 263 Å². The predicted molar refractivity (Wildman–Crippen MR) is 178 cm³/mol. The number of pyridine rings is 1. The molecule has 0 aliphatic carbocycles. The summed E-state index contributed by atoms with van der Waals surface area (Å²) in [5.74, 6) is 2.00. The highest BCUT2D eigenvalue weighted by Gasteiger charge is 2.30. The van der Waals surface area contributed by atoms with E-state index in [0.29, 0.717) is 59.5 Å². The third-order valence-electron chi connectivity index (χ3n) is 9.16. The second kappa shape index (κ2) is 12.0. The minimum absolute atomic E-state index is 0.343. The van der Waals surface area contributed by atoms with E-state index in [-0.39, 0.29) is 0 Å². The molecule has 0 unspecified atom stereocenters. The lowest BCUT2D eigenvalue weighted by Crippen LogP contribution is -2.52. The van der Waals surface area contributed by atoms with Gasteiger partial charge in [0, 0.05) is 58.1 Å². The molecule has 45 heavy (non-hydrogen) atoms. The fraction of sp³-hybridized carbons (Fsp3) is 0.452. The lowest BCUT2D eigenvalue weighted by molar-refractivity contribution is 0.0981. The number of methoxy groups -OCH3 is 1. The number of sulfonamides is 1. The number of para-hydroxylation sites is 1. The first-order valence-corrected chi connectivity index (χ1v) is 17.3. The smallest absolute Gasteiger partial charge is 0.239 e. The molecule has 3 aromatic heterocycles. The standard InChI is InChI=1S/C31H40N10O3S/c1-38-17-19-39(20-18-38)22-11-14-40(15-12-22)25-7-8-26(34-30(25)44-2)35-31-36-28-23(9-13-32-28)29(37-31)33-24-6-4-5-21-10-16-41(27(21)24)45(3,42)43/h4-9,13,22H,10-12,14-20H2,1-3H3,(H3,32,33,34,35,36,37). The third kappa shape index (κ3) is 5.97. The van der Waals surface area contributed by atoms with Gasteiger partial charge >= 0.3 is 0 Å². The van der Waals surface area contributed by atoms with Crippen LogP contribution < -0.4 is 24.6 Å². The van der Waals surface area contributed by atoms with Crippen molar-refractivity contribution in [3.8, 4) is 5.88 Å². The topological polar surface area (TPSA) is 135 Å². The number of fused-ring (bicyclic) bond motifs is 2. The number of hydrogen-bond donors (Lipinski definition) is 3. The number of ether oxygens (including phenoxy) is 1. The fourth-order valence-corrected chi connectivity index (χ4v) is 7.71. The van der Waals surface area contributed by atoms with E-state index in [0.717, 1.165) is 68.7 Å². The Hall–Kier alpha value is -4.14. The average molecular weight is 633 g/mol. The van der Waals surface area contributed by atoms with Crippen molar-refractivity contribution < 1.29 is 13.2 Å². The van der Waals surface area contributed by atoms with Gasteiger partial charge in [-0.15, -0.1) is 0 Å². The van der Waals surface area contributed by atoms with Crippen LogP contribution in [0.15, 0.2) is 42.6 Å². The van der Waals surface area contributed by atoms with E-state index < -0.39 is 10.0 Å². The van der Waals surface area contributed by atoms with Crippen molar-refractivity contribution in [2.45, 2.75) is 25.3 Å². The van der Waals surface area contributed by atoms with Crippen LogP contribution in [0.4, 0.5) is 34.6 Å². The number of hydrogen-bond acceptors (Lipinski definition) is 11. The number of benzene rings is 1. The van der Waals surface area contributed by atoms with Gasteiger partial charge in [-0.25, -0.2) is 8.42 Å². The second-order valence-corrected chi connectivity index (χ2v) is 14.0. The number of rotatable bonds is 8. The number of piperidine rings is 1. The molecule has 13 nitrogen and oxygen atoms in total. The molecule has 6 heterocycles. The lowest BCUT2D eigenvalue weighted by Gasteiger charge is -2.42. The summed E-state index contributed by atoms with van der Waals surface area (Å²) in [6.45, 7) is 6.91. The van der Waals surface area contributed by atoms with Crippen molar-refractivity contribution in [2.24, 2.45) is 0 Å². The first-order valence-electron chi connectivity index (χ1n) is 15.5. The number of likely N-dealkylation sites (N-methyl/N-ethyl adjacent to an activating group) is 1. The summed E-state index contributed by atoms with van der Waals surface area (Å²) in [5, 5.41) is 7.42. The lowest BCUT2D eigenvalue weighted by atomic mass is 10.0. The zero-order valence-electron chi connectivity index (χ0n) is 26.0. The van der Waals surface area contributed by atoms with Crippen LogP contribution in [-0.2, 0) is 16.4 Å². The molecule has 2 fully saturated rings. The fourth-order valence-electron chi connectivity index (χ4n) is 6.74. The van der Waals surface area contributed by atoms with Crippen molar-refractivity contribution in [1.29, 1.82) is 0 Å². The molecule has 3 aliphatic heterocycles. The molecule has 14 heteroatoms. The maximum absolute atomic E-state index is 12.5. The highest BCUT2D eigenvalue weighted by molar-refractivity contribution is 7.92. The van der Waals surface area contributed by atoms with Crippen molar-refractivity contribution in [2.75, 3.05) is 86.1 Å². The summed E-state index contributed by atoms with van der Waals surface area (Å²) >= 11 is 0. The molecule has 0 bridgehead atoms. The summed E-state index contributed by atoms with van der Waals surface area (Å²) in [7, 11) is 0.420. The molecule has 0 amide bonds. The van der Waals surface area contributed by atoms with Gasteiger partial charge < -0.3 is 30.2 Å². The number of anilines is 6. The summed E-state index contributed by atoms with van der Waals surface area (Å²) in [4.78, 5) is 24.8. The molecule has 1 aromatic carbocycles. The molecule has 0 spiro atoms. The molecule has 7 rings (SSSR count). The van der Waals surface area contributed by atoms with Gasteiger partial charge in [0.25, 0.3) is 0 Å². The molecule has 0 atom stereocenters. The Balaban J connectivity index is 1.10. The molecular weight excluding hydrogens is 592 g/mol. The SMILES string of the molecule is COc1nc(Nc2nc(Nc3cccc4c3N(S(C)(=O)=O)CC4)c3cc[nH]c3n2)ccc1N1CCC(N2CCN(C)CC2)CC1. The molecular formula is C31H40N10O3S. The van der Waals surface area contributed by atoms with Gasteiger partial charge in [0.1, 0.15) is 23.0 Å². The molecule has 238 valence electrons. The minimum Gasteiger partial charge on any atom is -0.479 e. The van der Waals surface area contributed by atoms with Crippen molar-refractivity contribution >= 4 is 55.7 Å². The van der Waals surface area contributed by atoms with Gasteiger partial charge in [-0.05, 0) is 56.1 Å². The maximum atomic E-state index is 12.5. The molecule has 3 aliphatic rings. The quantitative estimate of drug-likeness (QED) is 0.264. The Kier molecular flexibility index (Phi) is 7.88. The number of H-pyrrole nitrogens is 1. The zero-order valence-corrected chi connectivity index (χ0v) is 26.8. The van der Waals surface area contributed by atoms with E-state index in [1.807, 2.05) is 36.4 Å². The summed E-state index contributed by atoms with van der Waals surface area (Å²) in [6.07, 6.45) is 5.94. The predicted octanol–water partition coefficient (Wildman–Crippen LogP) is 3.39. The minimum atomic E-state index is -3.42. The number of nitrogens with zero attached hydrogens (tertiary/aromatic N) is 7. The summed E-state index contributed by atoms with van der Waals surface area (Å²) in [5.41, 5.74) is 3.92. The first kappa shape index (κ1) is 29.6. The van der Waals surface area contributed by atoms with Crippen molar-refractivity contribution in [1.82, 2.24) is 29.7 Å². The third-order valence-corrected chi connectivity index (χ3v) is 10.3. The van der Waals surface area contributed by atoms with E-state index in [2.05, 4.69) is 42.3 Å². The molecule has 4 aromatic rings. The average Bonchev–Trinajstić information content (AvgIpc) is 3.70. The number of nitrogens with one attached hydrogen (secondary N) is 3. The van der Waals surface area contributed by atoms with Crippen LogP contribution in [-0.4, -0.2) is 110 Å². The van der Waals surface area contributed by atoms with Crippen molar-refractivity contribution in [3.05, 3.63) is 48.2 Å². The van der Waals surface area contributed by atoms with Gasteiger partial charge in [0.15, 0.2) is 0 Å². The highest BCUT2D eigenvalue weighted by atomic mass is 32.2. The number of piperazine rings is 1. The Morgan fingerprint density at radius 2 is 1.73 bits per heavy atom. The van der Waals surface area contributed by atoms with E-state index in [9.17, 15) is 8.42 Å². The van der Waals surface area contributed by atoms with Crippen LogP contribution in [0.2, 0.25) is 0 Å². The Morgan fingerprint density at radius 3 is 2.49 bits per heavy atom. The molecule has 0 saturated carbocycles. The van der Waals surface area contributed by atoms with Crippen LogP contribution in [0.3, 0.4) is 0 Å². The van der Waals surface area contributed by atoms with Crippen LogP contribution in [0, 0.1) is 0 Å². The van der Waals surface area contributed by atoms with E-state index in [4.69, 9.17) is 14.7 Å². The second-order valence-electron chi connectivity index (χ2n) is 12.1. The normalized spacial score (nSPS) is 18.4. The monoisotopic (exact) mass is 632 g/mol. The first-order chi connectivity index (χ1) is 21.8. The zero-order chi connectivity index (χ0) is 31.1. The van der Waals surface area contributed by atoms with Crippen LogP contribution in [0.25, 0.3) is 11.0 Å². The number of aromatic nitrogens is 4. The number of aromatic amines is 1. The Morgan fingerprint density at radius 1 is 0.933 bits per heavy atom. The van der Waals surface area contributed by atoms with E-state index >= 15 is 0 Å². The van der Waals surface area contributed by atoms with Gasteiger partial charge in [0.2, 0.25) is 21.9 Å². The van der Waals surface area contributed by atoms with Gasteiger partial charge in [0.05, 0.1) is 30.1 Å². The molecule has 3 N–H and O–H groups in total. The maximum Gasteiger partial charge on any atom is 0.239 e. The van der Waals surface area contributed by atoms with Crippen molar-refractivity contribution in [3.63, 3.8) is 0 Å². The van der Waals surface area contributed by atoms with Gasteiger partial charge in [-0.3, -0.25) is 9.21 Å². The van der Waals surface area contributed by atoms with Crippen LogP contribution in [0.5, 0.6) is 5.88 Å². The molecule has 0 radical (unpaired) electrons. The summed E-state index contributed by atoms with van der Waals surface area (Å²) in [6, 6.07) is 12.2. The summed E-state index contributed by atoms with van der Waals surface area (Å²) < 4.78 is 32.3. The van der Waals surface area contributed by atoms with Gasteiger partial charge in [-0.1, -0.05) is 12.1 Å². The van der Waals surface area contributed by atoms with Crippen LogP contribution >= 0.6 is 0 Å². The highest BCUT2D eigenvalue weighted by Crippen LogP contribution is 2.39. The van der Waals surface area contributed by atoms with E-state index in [1.165, 1.54) is 10.6 Å². The molecule has 2 saturated heterocycles. The Bertz CT molecular complexity index is 1800. The van der Waals surface area contributed by atoms with E-state index in [1.54, 1.807) is 13.3 Å².